The summed E-state index contributed by atoms with van der Waals surface area (Å²) in [5.74, 6) is -0.545. The van der Waals surface area contributed by atoms with Crippen LogP contribution in [0.2, 0.25) is 0 Å². The zero-order valence-electron chi connectivity index (χ0n) is 10.9. The predicted molar refractivity (Wildman–Crippen MR) is 65.8 cm³/mol. The van der Waals surface area contributed by atoms with Crippen molar-refractivity contribution in [1.29, 1.82) is 5.26 Å². The van der Waals surface area contributed by atoms with Crippen LogP contribution in [0.1, 0.15) is 42.5 Å². The van der Waals surface area contributed by atoms with Gasteiger partial charge in [0.1, 0.15) is 0 Å². The Morgan fingerprint density at radius 2 is 2.05 bits per heavy atom. The second kappa shape index (κ2) is 6.83. The van der Waals surface area contributed by atoms with Gasteiger partial charge in [-0.25, -0.2) is 8.78 Å². The van der Waals surface area contributed by atoms with Crippen LogP contribution < -0.4 is 0 Å². The summed E-state index contributed by atoms with van der Waals surface area (Å²) < 4.78 is 30.7. The van der Waals surface area contributed by atoms with Crippen LogP contribution in [0.3, 0.4) is 0 Å². The lowest BCUT2D eigenvalue weighted by atomic mass is 9.96. The summed E-state index contributed by atoms with van der Waals surface area (Å²) in [5.41, 5.74) is 0.836. The fourth-order valence-corrected chi connectivity index (χ4v) is 1.83. The highest BCUT2D eigenvalue weighted by Crippen LogP contribution is 2.27. The summed E-state index contributed by atoms with van der Waals surface area (Å²) in [6.07, 6.45) is -2.38. The first-order valence-corrected chi connectivity index (χ1v) is 6.03. The molecular formula is C14H15F2NO2. The van der Waals surface area contributed by atoms with Gasteiger partial charge < -0.3 is 4.74 Å². The molecule has 3 nitrogen and oxygen atoms in total. The maximum atomic E-state index is 13.0. The number of hydrogen-bond acceptors (Lipinski definition) is 3. The van der Waals surface area contributed by atoms with Gasteiger partial charge in [0.2, 0.25) is 0 Å². The molecule has 1 aromatic rings. The van der Waals surface area contributed by atoms with E-state index < -0.39 is 12.4 Å². The minimum absolute atomic E-state index is 0.202. The number of nitriles is 1. The molecule has 0 heterocycles. The minimum atomic E-state index is -2.72. The van der Waals surface area contributed by atoms with Gasteiger partial charge in [0.15, 0.2) is 0 Å². The van der Waals surface area contributed by atoms with Crippen LogP contribution in [0.25, 0.3) is 0 Å². The van der Waals surface area contributed by atoms with Crippen molar-refractivity contribution in [1.82, 2.24) is 0 Å². The number of rotatable bonds is 5. The van der Waals surface area contributed by atoms with Crippen molar-refractivity contribution in [2.45, 2.75) is 33.1 Å². The van der Waals surface area contributed by atoms with Crippen molar-refractivity contribution in [3.8, 4) is 6.07 Å². The van der Waals surface area contributed by atoms with E-state index in [0.717, 1.165) is 6.07 Å². The number of aryl methyl sites for hydroxylation is 1. The van der Waals surface area contributed by atoms with Crippen LogP contribution in [0.5, 0.6) is 0 Å². The van der Waals surface area contributed by atoms with E-state index in [9.17, 15) is 13.6 Å². The molecule has 0 bridgehead atoms. The standard InChI is InChI=1S/C14H15F2NO2/c1-3-9-5-10(7-13(18)19-4-2)12(14(15)16)6-11(9)8-17/h5-6,14H,3-4,7H2,1-2H3. The molecule has 5 heteroatoms. The lowest BCUT2D eigenvalue weighted by Gasteiger charge is -2.12. The monoisotopic (exact) mass is 267 g/mol. The van der Waals surface area contributed by atoms with Crippen LogP contribution in [0, 0.1) is 11.3 Å². The Labute approximate surface area is 110 Å². The van der Waals surface area contributed by atoms with Crippen molar-refractivity contribution < 1.29 is 18.3 Å². The van der Waals surface area contributed by atoms with Gasteiger partial charge in [-0.2, -0.15) is 5.26 Å². The van der Waals surface area contributed by atoms with E-state index in [1.807, 2.05) is 13.0 Å². The molecule has 0 aromatic heterocycles. The van der Waals surface area contributed by atoms with Gasteiger partial charge in [-0.3, -0.25) is 4.79 Å². The first kappa shape index (κ1) is 15.1. The molecule has 0 saturated heterocycles. The van der Waals surface area contributed by atoms with Gasteiger partial charge >= 0.3 is 5.97 Å². The van der Waals surface area contributed by atoms with Crippen LogP contribution in [0.15, 0.2) is 12.1 Å². The molecule has 0 aliphatic heterocycles. The number of halogens is 2. The number of alkyl halides is 2. The smallest absolute Gasteiger partial charge is 0.310 e. The quantitative estimate of drug-likeness (QED) is 0.770. The van der Waals surface area contributed by atoms with Gasteiger partial charge in [-0.1, -0.05) is 13.0 Å². The molecule has 0 aliphatic rings. The molecule has 0 atom stereocenters. The molecule has 0 amide bonds. The number of benzene rings is 1. The lowest BCUT2D eigenvalue weighted by Crippen LogP contribution is -2.10. The first-order valence-electron chi connectivity index (χ1n) is 6.03. The topological polar surface area (TPSA) is 50.1 Å². The highest BCUT2D eigenvalue weighted by molar-refractivity contribution is 5.73. The maximum absolute atomic E-state index is 13.0. The third kappa shape index (κ3) is 3.75. The Kier molecular flexibility index (Phi) is 5.43. The summed E-state index contributed by atoms with van der Waals surface area (Å²) in [6, 6.07) is 4.56. The third-order valence-corrected chi connectivity index (χ3v) is 2.74. The fraction of sp³-hybridized carbons (Fsp3) is 0.429. The van der Waals surface area contributed by atoms with Gasteiger partial charge in [-0.05, 0) is 30.5 Å². The summed E-state index contributed by atoms with van der Waals surface area (Å²) in [4.78, 5) is 11.4. The minimum Gasteiger partial charge on any atom is -0.466 e. The second-order valence-corrected chi connectivity index (χ2v) is 3.96. The molecule has 0 fully saturated rings. The van der Waals surface area contributed by atoms with Crippen LogP contribution in [-0.4, -0.2) is 12.6 Å². The van der Waals surface area contributed by atoms with E-state index in [0.29, 0.717) is 12.0 Å². The highest BCUT2D eigenvalue weighted by atomic mass is 19.3. The molecule has 1 aromatic carbocycles. The molecule has 0 spiro atoms. The van der Waals surface area contributed by atoms with E-state index in [-0.39, 0.29) is 29.7 Å². The molecule has 1 rings (SSSR count). The fourth-order valence-electron chi connectivity index (χ4n) is 1.83. The van der Waals surface area contributed by atoms with Gasteiger partial charge in [0.25, 0.3) is 6.43 Å². The number of nitrogens with zero attached hydrogens (tertiary/aromatic N) is 1. The Morgan fingerprint density at radius 3 is 2.53 bits per heavy atom. The number of ether oxygens (including phenoxy) is 1. The summed E-state index contributed by atoms with van der Waals surface area (Å²) >= 11 is 0. The van der Waals surface area contributed by atoms with Crippen LogP contribution in [0.4, 0.5) is 8.78 Å². The van der Waals surface area contributed by atoms with Crippen molar-refractivity contribution in [2.24, 2.45) is 0 Å². The maximum Gasteiger partial charge on any atom is 0.310 e. The zero-order chi connectivity index (χ0) is 14.4. The van der Waals surface area contributed by atoms with Gasteiger partial charge in [0.05, 0.1) is 24.7 Å². The predicted octanol–water partition coefficient (Wildman–Crippen LogP) is 3.16. The third-order valence-electron chi connectivity index (χ3n) is 2.74. The molecule has 0 unspecified atom stereocenters. The van der Waals surface area contributed by atoms with Gasteiger partial charge in [0, 0.05) is 5.56 Å². The van der Waals surface area contributed by atoms with Crippen LogP contribution in [-0.2, 0) is 22.4 Å². The average molecular weight is 267 g/mol. The summed E-state index contributed by atoms with van der Waals surface area (Å²) in [7, 11) is 0. The van der Waals surface area contributed by atoms with Crippen molar-refractivity contribution in [2.75, 3.05) is 6.61 Å². The van der Waals surface area contributed by atoms with Crippen LogP contribution >= 0.6 is 0 Å². The van der Waals surface area contributed by atoms with E-state index in [1.165, 1.54) is 6.07 Å². The zero-order valence-corrected chi connectivity index (χ0v) is 10.9. The Balaban J connectivity index is 3.20. The number of esters is 1. The van der Waals surface area contributed by atoms with E-state index >= 15 is 0 Å². The Bertz CT molecular complexity index is 507. The number of carbonyl (C=O) groups is 1. The Morgan fingerprint density at radius 1 is 1.37 bits per heavy atom. The molecule has 0 saturated carbocycles. The SMILES string of the molecule is CCOC(=O)Cc1cc(CC)c(C#N)cc1C(F)F. The molecule has 0 N–H and O–H groups in total. The first-order chi connectivity index (χ1) is 9.03. The van der Waals surface area contributed by atoms with Crippen molar-refractivity contribution >= 4 is 5.97 Å². The highest BCUT2D eigenvalue weighted by Gasteiger charge is 2.18. The largest absolute Gasteiger partial charge is 0.466 e. The molecule has 102 valence electrons. The number of carbonyl (C=O) groups excluding carboxylic acids is 1. The second-order valence-electron chi connectivity index (χ2n) is 3.96. The van der Waals surface area contributed by atoms with E-state index in [1.54, 1.807) is 6.92 Å². The van der Waals surface area contributed by atoms with Crippen molar-refractivity contribution in [3.05, 3.63) is 34.4 Å². The van der Waals surface area contributed by atoms with E-state index in [2.05, 4.69) is 0 Å². The molecule has 0 aliphatic carbocycles. The van der Waals surface area contributed by atoms with Gasteiger partial charge in [-0.15, -0.1) is 0 Å². The summed E-state index contributed by atoms with van der Waals surface area (Å²) in [5, 5.41) is 8.93. The molecule has 0 radical (unpaired) electrons. The molecular weight excluding hydrogens is 252 g/mol. The number of hydrogen-bond donors (Lipinski definition) is 0. The lowest BCUT2D eigenvalue weighted by molar-refractivity contribution is -0.142. The van der Waals surface area contributed by atoms with E-state index in [4.69, 9.17) is 10.00 Å². The normalized spacial score (nSPS) is 10.3. The molecule has 19 heavy (non-hydrogen) atoms. The van der Waals surface area contributed by atoms with Crippen molar-refractivity contribution in [3.63, 3.8) is 0 Å². The summed E-state index contributed by atoms with van der Waals surface area (Å²) in [6.45, 7) is 3.69. The average Bonchev–Trinajstić information content (AvgIpc) is 2.38. The Hall–Kier alpha value is -1.96.